The topological polar surface area (TPSA) is 37.3 Å². The van der Waals surface area contributed by atoms with Crippen LogP contribution in [0.3, 0.4) is 0 Å². The predicted octanol–water partition coefficient (Wildman–Crippen LogP) is 6.66. The van der Waals surface area contributed by atoms with E-state index in [1.807, 2.05) is 0 Å². The monoisotopic (exact) mass is 308 g/mol. The number of rotatable bonds is 16. The summed E-state index contributed by atoms with van der Waals surface area (Å²) in [7, 11) is 0. The Labute approximate surface area is 137 Å². The molecule has 2 nitrogen and oxygen atoms in total. The molecular weight excluding hydrogens is 272 g/mol. The van der Waals surface area contributed by atoms with Gasteiger partial charge in [-0.25, -0.2) is 4.79 Å². The van der Waals surface area contributed by atoms with Gasteiger partial charge in [0.05, 0.1) is 0 Å². The van der Waals surface area contributed by atoms with E-state index in [0.29, 0.717) is 0 Å². The van der Waals surface area contributed by atoms with E-state index in [9.17, 15) is 4.79 Å². The van der Waals surface area contributed by atoms with Gasteiger partial charge in [0.15, 0.2) is 0 Å². The minimum atomic E-state index is -0.857. The lowest BCUT2D eigenvalue weighted by atomic mass is 10.1. The van der Waals surface area contributed by atoms with Crippen LogP contribution in [0, 0.1) is 0 Å². The van der Waals surface area contributed by atoms with Crippen LogP contribution in [0.2, 0.25) is 0 Å². The number of unbranched alkanes of at least 4 members (excludes halogenated alkanes) is 12. The number of carboxylic acid groups (broad SMARTS) is 1. The summed E-state index contributed by atoms with van der Waals surface area (Å²) in [4.78, 5) is 10.3. The lowest BCUT2D eigenvalue weighted by Gasteiger charge is -2.01. The van der Waals surface area contributed by atoms with Gasteiger partial charge in [0.2, 0.25) is 0 Å². The molecular formula is C20H36O2. The summed E-state index contributed by atoms with van der Waals surface area (Å²) in [5.41, 5.74) is 0. The molecule has 0 atom stereocenters. The molecule has 0 radical (unpaired) electrons. The van der Waals surface area contributed by atoms with Crippen LogP contribution in [0.4, 0.5) is 0 Å². The Morgan fingerprint density at radius 1 is 0.682 bits per heavy atom. The third kappa shape index (κ3) is 18.9. The molecule has 22 heavy (non-hydrogen) atoms. The van der Waals surface area contributed by atoms with Crippen LogP contribution in [0.15, 0.2) is 24.3 Å². The van der Waals surface area contributed by atoms with Gasteiger partial charge >= 0.3 is 5.97 Å². The maximum Gasteiger partial charge on any atom is 0.327 e. The van der Waals surface area contributed by atoms with Crippen LogP contribution in [0.1, 0.15) is 96.8 Å². The number of allylic oxidation sites excluding steroid dienone is 3. The minimum absolute atomic E-state index is 0.820. The van der Waals surface area contributed by atoms with Gasteiger partial charge < -0.3 is 5.11 Å². The van der Waals surface area contributed by atoms with Crippen LogP contribution >= 0.6 is 0 Å². The lowest BCUT2D eigenvalue weighted by molar-refractivity contribution is -0.131. The number of carboxylic acids is 1. The number of hydrogen-bond acceptors (Lipinski definition) is 1. The van der Waals surface area contributed by atoms with Gasteiger partial charge in [-0.2, -0.15) is 0 Å². The zero-order chi connectivity index (χ0) is 16.3. The zero-order valence-corrected chi connectivity index (χ0v) is 14.6. The van der Waals surface area contributed by atoms with Gasteiger partial charge in [0, 0.05) is 6.08 Å². The van der Waals surface area contributed by atoms with Crippen molar-refractivity contribution in [2.45, 2.75) is 96.8 Å². The molecule has 0 unspecified atom stereocenters. The molecule has 1 N–H and O–H groups in total. The van der Waals surface area contributed by atoms with Crippen molar-refractivity contribution in [2.75, 3.05) is 0 Å². The maximum absolute atomic E-state index is 10.3. The normalized spacial score (nSPS) is 11.7. The average molecular weight is 309 g/mol. The Bertz CT molecular complexity index is 292. The van der Waals surface area contributed by atoms with Crippen molar-refractivity contribution in [2.24, 2.45) is 0 Å². The molecule has 0 aromatic heterocycles. The molecule has 0 saturated carbocycles. The van der Waals surface area contributed by atoms with Crippen molar-refractivity contribution in [3.05, 3.63) is 24.3 Å². The third-order valence-corrected chi connectivity index (χ3v) is 3.90. The van der Waals surface area contributed by atoms with E-state index in [2.05, 4.69) is 19.1 Å². The number of carbonyl (C=O) groups is 1. The van der Waals surface area contributed by atoms with Gasteiger partial charge in [-0.1, -0.05) is 89.4 Å². The van der Waals surface area contributed by atoms with E-state index >= 15 is 0 Å². The first-order valence-electron chi connectivity index (χ1n) is 9.31. The van der Waals surface area contributed by atoms with Crippen molar-refractivity contribution in [3.8, 4) is 0 Å². The molecule has 0 aliphatic rings. The van der Waals surface area contributed by atoms with E-state index in [1.54, 1.807) is 6.08 Å². The summed E-state index contributed by atoms with van der Waals surface area (Å²) in [5, 5.41) is 8.43. The summed E-state index contributed by atoms with van der Waals surface area (Å²) in [6.07, 6.45) is 25.6. The molecule has 0 saturated heterocycles. The lowest BCUT2D eigenvalue weighted by Crippen LogP contribution is -1.85. The van der Waals surface area contributed by atoms with Gasteiger partial charge in [-0.15, -0.1) is 0 Å². The van der Waals surface area contributed by atoms with Crippen molar-refractivity contribution >= 4 is 5.97 Å². The summed E-state index contributed by atoms with van der Waals surface area (Å²) >= 11 is 0. The fraction of sp³-hybridized carbons (Fsp3) is 0.750. The Morgan fingerprint density at radius 2 is 1.14 bits per heavy atom. The van der Waals surface area contributed by atoms with Crippen LogP contribution in [0.5, 0.6) is 0 Å². The molecule has 0 aliphatic heterocycles. The average Bonchev–Trinajstić information content (AvgIpc) is 2.50. The van der Waals surface area contributed by atoms with Crippen molar-refractivity contribution in [3.63, 3.8) is 0 Å². The predicted molar refractivity (Wildman–Crippen MR) is 96.2 cm³/mol. The van der Waals surface area contributed by atoms with Gasteiger partial charge in [-0.05, 0) is 25.7 Å². The fourth-order valence-corrected chi connectivity index (χ4v) is 2.54. The van der Waals surface area contributed by atoms with Gasteiger partial charge in [-0.3, -0.25) is 0 Å². The van der Waals surface area contributed by atoms with E-state index in [0.717, 1.165) is 12.8 Å². The standard InChI is InChI=1S/C20H36O2/c1-2-3-4-5-6-7-8-9-10-11-12-13-14-15-16-17-18-19-20(21)22/h14-15,18-19H,2-13,16-17H2,1H3,(H,21,22)/b15-14+,19-18+. The molecule has 0 spiro atoms. The van der Waals surface area contributed by atoms with Gasteiger partial charge in [0.1, 0.15) is 0 Å². The molecule has 0 rings (SSSR count). The summed E-state index contributed by atoms with van der Waals surface area (Å²) in [5.74, 6) is -0.857. The first-order chi connectivity index (χ1) is 10.8. The molecule has 2 heteroatoms. The molecule has 0 heterocycles. The summed E-state index contributed by atoms with van der Waals surface area (Å²) < 4.78 is 0. The Kier molecular flexibility index (Phi) is 17.1. The first kappa shape index (κ1) is 20.9. The molecule has 0 aromatic rings. The minimum Gasteiger partial charge on any atom is -0.478 e. The second-order valence-corrected chi connectivity index (χ2v) is 6.11. The summed E-state index contributed by atoms with van der Waals surface area (Å²) in [6, 6.07) is 0. The highest BCUT2D eigenvalue weighted by Gasteiger charge is 1.92. The fourth-order valence-electron chi connectivity index (χ4n) is 2.54. The number of aliphatic carboxylic acids is 1. The first-order valence-corrected chi connectivity index (χ1v) is 9.31. The second kappa shape index (κ2) is 18.0. The molecule has 0 aliphatic carbocycles. The van der Waals surface area contributed by atoms with Crippen molar-refractivity contribution in [1.82, 2.24) is 0 Å². The van der Waals surface area contributed by atoms with E-state index < -0.39 is 5.97 Å². The third-order valence-electron chi connectivity index (χ3n) is 3.90. The van der Waals surface area contributed by atoms with E-state index in [4.69, 9.17) is 5.11 Å². The Morgan fingerprint density at radius 3 is 1.68 bits per heavy atom. The highest BCUT2D eigenvalue weighted by molar-refractivity contribution is 5.79. The Hall–Kier alpha value is -1.05. The van der Waals surface area contributed by atoms with Crippen molar-refractivity contribution < 1.29 is 9.90 Å². The van der Waals surface area contributed by atoms with Crippen molar-refractivity contribution in [1.29, 1.82) is 0 Å². The SMILES string of the molecule is CCCCCCCCCCCCC/C=C/CC/C=C/C(=O)O. The van der Waals surface area contributed by atoms with E-state index in [1.165, 1.54) is 83.1 Å². The van der Waals surface area contributed by atoms with Crippen LogP contribution in [-0.2, 0) is 4.79 Å². The number of hydrogen-bond donors (Lipinski definition) is 1. The molecule has 128 valence electrons. The molecule has 0 aromatic carbocycles. The van der Waals surface area contributed by atoms with E-state index in [-0.39, 0.29) is 0 Å². The highest BCUT2D eigenvalue weighted by Crippen LogP contribution is 2.12. The Balaban J connectivity index is 3.12. The maximum atomic E-state index is 10.3. The smallest absolute Gasteiger partial charge is 0.327 e. The molecule has 0 bridgehead atoms. The van der Waals surface area contributed by atoms with Crippen LogP contribution < -0.4 is 0 Å². The molecule has 0 amide bonds. The quantitative estimate of drug-likeness (QED) is 0.196. The summed E-state index contributed by atoms with van der Waals surface area (Å²) in [6.45, 7) is 2.27. The van der Waals surface area contributed by atoms with Crippen LogP contribution in [-0.4, -0.2) is 11.1 Å². The zero-order valence-electron chi connectivity index (χ0n) is 14.6. The second-order valence-electron chi connectivity index (χ2n) is 6.11. The largest absolute Gasteiger partial charge is 0.478 e. The highest BCUT2D eigenvalue weighted by atomic mass is 16.4. The van der Waals surface area contributed by atoms with Crippen LogP contribution in [0.25, 0.3) is 0 Å². The molecule has 0 fully saturated rings. The van der Waals surface area contributed by atoms with Gasteiger partial charge in [0.25, 0.3) is 0 Å².